The van der Waals surface area contributed by atoms with Crippen LogP contribution >= 0.6 is 8.25 Å². The number of hydrogen-bond donors (Lipinski definition) is 2. The second-order valence-corrected chi connectivity index (χ2v) is 7.65. The molecule has 2 atom stereocenters. The van der Waals surface area contributed by atoms with Crippen LogP contribution in [-0.2, 0) is 32.8 Å². The van der Waals surface area contributed by atoms with Gasteiger partial charge in [-0.25, -0.2) is 4.68 Å². The number of anilines is 1. The van der Waals surface area contributed by atoms with E-state index < -0.39 is 19.8 Å². The van der Waals surface area contributed by atoms with Crippen LogP contribution in [0.5, 0.6) is 0 Å². The molecule has 1 aliphatic heterocycles. The lowest BCUT2D eigenvalue weighted by Crippen LogP contribution is -2.39. The van der Waals surface area contributed by atoms with Crippen molar-refractivity contribution in [3.05, 3.63) is 41.2 Å². The van der Waals surface area contributed by atoms with E-state index in [0.29, 0.717) is 16.9 Å². The molecule has 1 amide bonds. The summed E-state index contributed by atoms with van der Waals surface area (Å²) in [6.45, 7) is 1.73. The first-order chi connectivity index (χ1) is 13.4. The van der Waals surface area contributed by atoms with Crippen LogP contribution in [0.4, 0.5) is 5.69 Å². The number of aliphatic hydroxyl groups is 1. The monoisotopic (exact) mass is 401 g/mol. The Labute approximate surface area is 161 Å². The summed E-state index contributed by atoms with van der Waals surface area (Å²) in [5, 5.41) is 18.9. The summed E-state index contributed by atoms with van der Waals surface area (Å²) in [4.78, 5) is 23.2. The van der Waals surface area contributed by atoms with E-state index in [1.807, 2.05) is 13.0 Å². The predicted molar refractivity (Wildman–Crippen MR) is 97.7 cm³/mol. The Morgan fingerprint density at radius 3 is 2.93 bits per heavy atom. The zero-order valence-electron chi connectivity index (χ0n) is 15.1. The van der Waals surface area contributed by atoms with Gasteiger partial charge in [-0.05, 0) is 31.9 Å². The minimum atomic E-state index is -2.74. The normalized spacial score (nSPS) is 21.3. The van der Waals surface area contributed by atoms with E-state index in [1.165, 1.54) is 15.8 Å². The Hall–Kier alpha value is -2.63. The molecule has 2 heterocycles. The SMILES string of the molecule is Cc1ccc2c(c1)C(O)(C#CC1CC1)C(=O)N2Cc1cn(CO[P+](=O)O)nn1. The maximum Gasteiger partial charge on any atom is 0.696 e. The lowest BCUT2D eigenvalue weighted by atomic mass is 9.94. The highest BCUT2D eigenvalue weighted by atomic mass is 31.1. The van der Waals surface area contributed by atoms with Crippen LogP contribution in [0.15, 0.2) is 24.4 Å². The number of fused-ring (bicyclic) bond motifs is 1. The quantitative estimate of drug-likeness (QED) is 0.574. The third-order valence-electron chi connectivity index (χ3n) is 4.63. The molecule has 10 heteroatoms. The Kier molecular flexibility index (Phi) is 4.73. The van der Waals surface area contributed by atoms with Crippen molar-refractivity contribution in [3.63, 3.8) is 0 Å². The Morgan fingerprint density at radius 2 is 2.21 bits per heavy atom. The molecule has 2 unspecified atom stereocenters. The van der Waals surface area contributed by atoms with Crippen LogP contribution < -0.4 is 4.90 Å². The highest BCUT2D eigenvalue weighted by molar-refractivity contribution is 7.32. The molecule has 1 aromatic carbocycles. The summed E-state index contributed by atoms with van der Waals surface area (Å²) in [6.07, 6.45) is 3.49. The first-order valence-electron chi connectivity index (χ1n) is 8.73. The molecular weight excluding hydrogens is 383 g/mol. The molecule has 1 saturated carbocycles. The van der Waals surface area contributed by atoms with Crippen molar-refractivity contribution in [2.75, 3.05) is 4.90 Å². The van der Waals surface area contributed by atoms with Crippen molar-refractivity contribution in [3.8, 4) is 11.8 Å². The molecule has 0 radical (unpaired) electrons. The van der Waals surface area contributed by atoms with Gasteiger partial charge >= 0.3 is 8.25 Å². The average Bonchev–Trinajstić information content (AvgIpc) is 3.35. The van der Waals surface area contributed by atoms with Gasteiger partial charge in [0.25, 0.3) is 5.91 Å². The van der Waals surface area contributed by atoms with Gasteiger partial charge in [0.1, 0.15) is 5.69 Å². The van der Waals surface area contributed by atoms with Crippen molar-refractivity contribution in [2.24, 2.45) is 5.92 Å². The molecule has 0 saturated heterocycles. The molecule has 2 aliphatic rings. The van der Waals surface area contributed by atoms with Crippen molar-refractivity contribution < 1.29 is 23.9 Å². The number of aromatic nitrogens is 3. The topological polar surface area (TPSA) is 118 Å². The molecule has 0 bridgehead atoms. The number of carbonyl (C=O) groups is 1. The van der Waals surface area contributed by atoms with E-state index in [-0.39, 0.29) is 19.2 Å². The van der Waals surface area contributed by atoms with Crippen molar-refractivity contribution in [2.45, 2.75) is 38.6 Å². The fourth-order valence-electron chi connectivity index (χ4n) is 3.05. The van der Waals surface area contributed by atoms with Gasteiger partial charge in [-0.3, -0.25) is 4.79 Å². The zero-order valence-corrected chi connectivity index (χ0v) is 16.0. The Balaban J connectivity index is 1.62. The molecule has 144 valence electrons. The summed E-state index contributed by atoms with van der Waals surface area (Å²) in [6, 6.07) is 5.42. The number of benzene rings is 1. The minimum absolute atomic E-state index is 0.0770. The summed E-state index contributed by atoms with van der Waals surface area (Å²) in [5.74, 6) is 5.52. The standard InChI is InChI=1S/C18H17N4O5P/c1-12-2-5-16-15(8-12)18(24,7-6-13-3-4-13)17(23)22(16)10-14-9-21(20-19-14)11-27-28(25)26/h2,5,8-9,13,24H,3-4,10-11H2,1H3/p+1. The predicted octanol–water partition coefficient (Wildman–Crippen LogP) is 1.36. The molecule has 2 aromatic rings. The lowest BCUT2D eigenvalue weighted by molar-refractivity contribution is -0.130. The van der Waals surface area contributed by atoms with Gasteiger partial charge in [0.15, 0.2) is 6.73 Å². The van der Waals surface area contributed by atoms with Crippen LogP contribution in [0.25, 0.3) is 0 Å². The van der Waals surface area contributed by atoms with E-state index in [0.717, 1.165) is 18.4 Å². The number of aryl methyl sites for hydroxylation is 1. The van der Waals surface area contributed by atoms with Crippen LogP contribution in [0.1, 0.15) is 29.7 Å². The van der Waals surface area contributed by atoms with Gasteiger partial charge < -0.3 is 10.0 Å². The van der Waals surface area contributed by atoms with Crippen molar-refractivity contribution >= 4 is 19.8 Å². The molecule has 1 aromatic heterocycles. The molecule has 2 N–H and O–H groups in total. The third kappa shape index (κ3) is 3.55. The third-order valence-corrected chi connectivity index (χ3v) is 4.96. The molecule has 1 fully saturated rings. The maximum absolute atomic E-state index is 13.1. The highest BCUT2D eigenvalue weighted by Gasteiger charge is 2.49. The average molecular weight is 401 g/mol. The molecule has 1 aliphatic carbocycles. The summed E-state index contributed by atoms with van der Waals surface area (Å²) < 4.78 is 16.4. The number of amides is 1. The van der Waals surface area contributed by atoms with E-state index in [2.05, 4.69) is 26.7 Å². The molecule has 9 nitrogen and oxygen atoms in total. The van der Waals surface area contributed by atoms with Crippen LogP contribution in [0.2, 0.25) is 0 Å². The maximum atomic E-state index is 13.1. The van der Waals surface area contributed by atoms with E-state index in [9.17, 15) is 14.5 Å². The van der Waals surface area contributed by atoms with Gasteiger partial charge in [-0.2, -0.15) is 0 Å². The highest BCUT2D eigenvalue weighted by Crippen LogP contribution is 2.41. The number of hydrogen-bond acceptors (Lipinski definition) is 6. The van der Waals surface area contributed by atoms with Gasteiger partial charge in [0.05, 0.1) is 18.4 Å². The second kappa shape index (κ2) is 7.08. The summed E-state index contributed by atoms with van der Waals surface area (Å²) >= 11 is 0. The van der Waals surface area contributed by atoms with Crippen molar-refractivity contribution in [1.82, 2.24) is 15.0 Å². The van der Waals surface area contributed by atoms with E-state index in [4.69, 9.17) is 4.89 Å². The fraction of sp³-hybridized carbons (Fsp3) is 0.389. The summed E-state index contributed by atoms with van der Waals surface area (Å²) in [7, 11) is -2.74. The van der Waals surface area contributed by atoms with Gasteiger partial charge in [-0.15, -0.1) is 9.99 Å². The zero-order chi connectivity index (χ0) is 19.9. The first kappa shape index (κ1) is 18.7. The van der Waals surface area contributed by atoms with Crippen LogP contribution in [0.3, 0.4) is 0 Å². The molecule has 4 rings (SSSR count). The van der Waals surface area contributed by atoms with E-state index in [1.54, 1.807) is 12.1 Å². The second-order valence-electron chi connectivity index (χ2n) is 6.91. The molecule has 28 heavy (non-hydrogen) atoms. The van der Waals surface area contributed by atoms with E-state index >= 15 is 0 Å². The number of carbonyl (C=O) groups excluding carboxylic acids is 1. The largest absolute Gasteiger partial charge is 0.696 e. The van der Waals surface area contributed by atoms with Gasteiger partial charge in [0.2, 0.25) is 5.60 Å². The van der Waals surface area contributed by atoms with Crippen LogP contribution in [0, 0.1) is 24.7 Å². The minimum Gasteiger partial charge on any atom is -0.366 e. The fourth-order valence-corrected chi connectivity index (χ4v) is 3.27. The van der Waals surface area contributed by atoms with Crippen molar-refractivity contribution in [1.29, 1.82) is 0 Å². The van der Waals surface area contributed by atoms with Gasteiger partial charge in [0, 0.05) is 16.0 Å². The lowest BCUT2D eigenvalue weighted by Gasteiger charge is -2.17. The Bertz CT molecular complexity index is 1020. The Morgan fingerprint density at radius 1 is 1.43 bits per heavy atom. The smallest absolute Gasteiger partial charge is 0.366 e. The van der Waals surface area contributed by atoms with Gasteiger partial charge in [-0.1, -0.05) is 33.2 Å². The summed E-state index contributed by atoms with van der Waals surface area (Å²) in [5.41, 5.74) is 0.529. The number of nitrogens with zero attached hydrogens (tertiary/aromatic N) is 4. The molecule has 0 spiro atoms. The van der Waals surface area contributed by atoms with Crippen LogP contribution in [-0.4, -0.2) is 30.9 Å². The number of rotatable bonds is 5. The molecular formula is C18H18N4O5P+. The first-order valence-corrected chi connectivity index (χ1v) is 9.86.